The Hall–Kier alpha value is -2.05. The fraction of sp³-hybridized carbons (Fsp3) is 0. The molecule has 0 aromatic heterocycles. The number of nitrogens with one attached hydrogen (secondary N) is 2. The SMILES string of the molecule is O=CNc1ccc(S(=O)(=O)Nc2cccc(Cl)c2)cc1. The first kappa shape index (κ1) is 14.4. The maximum Gasteiger partial charge on any atom is 0.261 e. The fourth-order valence-corrected chi connectivity index (χ4v) is 2.80. The molecule has 0 unspecified atom stereocenters. The zero-order chi connectivity index (χ0) is 14.6. The van der Waals surface area contributed by atoms with E-state index in [-0.39, 0.29) is 4.90 Å². The Bertz CT molecular complexity index is 715. The molecule has 1 amide bonds. The predicted octanol–water partition coefficient (Wildman–Crippen LogP) is 2.71. The van der Waals surface area contributed by atoms with Gasteiger partial charge in [-0.1, -0.05) is 17.7 Å². The maximum absolute atomic E-state index is 12.1. The normalized spacial score (nSPS) is 10.8. The summed E-state index contributed by atoms with van der Waals surface area (Å²) in [6, 6.07) is 12.2. The highest BCUT2D eigenvalue weighted by Crippen LogP contribution is 2.20. The summed E-state index contributed by atoms with van der Waals surface area (Å²) < 4.78 is 26.7. The monoisotopic (exact) mass is 310 g/mol. The predicted molar refractivity (Wildman–Crippen MR) is 78.4 cm³/mol. The topological polar surface area (TPSA) is 75.3 Å². The summed E-state index contributed by atoms with van der Waals surface area (Å²) in [5.41, 5.74) is 0.897. The third kappa shape index (κ3) is 3.49. The van der Waals surface area contributed by atoms with Gasteiger partial charge in [0.25, 0.3) is 10.0 Å². The Balaban J connectivity index is 2.23. The number of halogens is 1. The number of hydrogen-bond donors (Lipinski definition) is 2. The van der Waals surface area contributed by atoms with Gasteiger partial charge in [-0.05, 0) is 42.5 Å². The Morgan fingerprint density at radius 1 is 1.00 bits per heavy atom. The molecule has 0 aliphatic rings. The van der Waals surface area contributed by atoms with Gasteiger partial charge in [0, 0.05) is 10.7 Å². The smallest absolute Gasteiger partial charge is 0.261 e. The van der Waals surface area contributed by atoms with Crippen LogP contribution < -0.4 is 10.0 Å². The number of benzene rings is 2. The zero-order valence-electron chi connectivity index (χ0n) is 10.2. The molecule has 0 radical (unpaired) electrons. The van der Waals surface area contributed by atoms with E-state index in [2.05, 4.69) is 10.0 Å². The third-order valence-corrected chi connectivity index (χ3v) is 4.10. The van der Waals surface area contributed by atoms with Crippen molar-refractivity contribution in [3.05, 3.63) is 53.6 Å². The molecule has 0 saturated carbocycles. The van der Waals surface area contributed by atoms with Crippen molar-refractivity contribution < 1.29 is 13.2 Å². The highest BCUT2D eigenvalue weighted by molar-refractivity contribution is 7.92. The lowest BCUT2D eigenvalue weighted by Gasteiger charge is -2.08. The fourth-order valence-electron chi connectivity index (χ4n) is 1.56. The summed E-state index contributed by atoms with van der Waals surface area (Å²) in [6.07, 6.45) is 0.522. The molecule has 2 N–H and O–H groups in total. The number of rotatable bonds is 5. The zero-order valence-corrected chi connectivity index (χ0v) is 11.8. The van der Waals surface area contributed by atoms with Crippen LogP contribution in [0.2, 0.25) is 5.02 Å². The van der Waals surface area contributed by atoms with Gasteiger partial charge < -0.3 is 5.32 Å². The number of carbonyl (C=O) groups is 1. The van der Waals surface area contributed by atoms with E-state index >= 15 is 0 Å². The number of hydrogen-bond acceptors (Lipinski definition) is 3. The second kappa shape index (κ2) is 5.94. The number of sulfonamides is 1. The first-order chi connectivity index (χ1) is 9.51. The molecule has 0 saturated heterocycles. The Kier molecular flexibility index (Phi) is 4.26. The van der Waals surface area contributed by atoms with Gasteiger partial charge in [-0.15, -0.1) is 0 Å². The van der Waals surface area contributed by atoms with Crippen LogP contribution in [0.1, 0.15) is 0 Å². The van der Waals surface area contributed by atoms with Crippen molar-refractivity contribution in [1.82, 2.24) is 0 Å². The van der Waals surface area contributed by atoms with Crippen LogP contribution in [0, 0.1) is 0 Å². The molecule has 104 valence electrons. The van der Waals surface area contributed by atoms with Gasteiger partial charge in [-0.3, -0.25) is 9.52 Å². The molecule has 0 aliphatic heterocycles. The van der Waals surface area contributed by atoms with Gasteiger partial charge in [-0.2, -0.15) is 0 Å². The maximum atomic E-state index is 12.1. The highest BCUT2D eigenvalue weighted by atomic mass is 35.5. The van der Waals surface area contributed by atoms with Crippen LogP contribution in [0.15, 0.2) is 53.4 Å². The van der Waals surface area contributed by atoms with Crippen LogP contribution in [-0.4, -0.2) is 14.8 Å². The molecular formula is C13H11ClN2O3S. The average molecular weight is 311 g/mol. The molecule has 0 spiro atoms. The summed E-state index contributed by atoms with van der Waals surface area (Å²) >= 11 is 5.80. The summed E-state index contributed by atoms with van der Waals surface area (Å²) in [4.78, 5) is 10.4. The van der Waals surface area contributed by atoms with E-state index in [4.69, 9.17) is 11.6 Å². The lowest BCUT2D eigenvalue weighted by Crippen LogP contribution is -2.12. The first-order valence-electron chi connectivity index (χ1n) is 5.60. The van der Waals surface area contributed by atoms with Gasteiger partial charge in [0.15, 0.2) is 0 Å². The second-order valence-electron chi connectivity index (χ2n) is 3.90. The molecular weight excluding hydrogens is 300 g/mol. The molecule has 0 fully saturated rings. The van der Waals surface area contributed by atoms with E-state index in [1.54, 1.807) is 18.2 Å². The van der Waals surface area contributed by atoms with E-state index in [0.29, 0.717) is 22.8 Å². The van der Waals surface area contributed by atoms with Crippen LogP contribution in [-0.2, 0) is 14.8 Å². The molecule has 2 aromatic carbocycles. The second-order valence-corrected chi connectivity index (χ2v) is 6.02. The van der Waals surface area contributed by atoms with Crippen molar-refractivity contribution >= 4 is 39.4 Å². The lowest BCUT2D eigenvalue weighted by atomic mass is 10.3. The van der Waals surface area contributed by atoms with Crippen molar-refractivity contribution in [2.24, 2.45) is 0 Å². The molecule has 0 heterocycles. The average Bonchev–Trinajstić information content (AvgIpc) is 2.39. The first-order valence-corrected chi connectivity index (χ1v) is 7.46. The standard InChI is InChI=1S/C13H11ClN2O3S/c14-10-2-1-3-12(8-10)16-20(18,19)13-6-4-11(5-7-13)15-9-17/h1-9,16H,(H,15,17). The quantitative estimate of drug-likeness (QED) is 0.834. The van der Waals surface area contributed by atoms with E-state index in [0.717, 1.165) is 0 Å². The Morgan fingerprint density at radius 2 is 1.70 bits per heavy atom. The van der Waals surface area contributed by atoms with E-state index in [1.165, 1.54) is 30.3 Å². The lowest BCUT2D eigenvalue weighted by molar-refractivity contribution is -0.105. The molecule has 2 aromatic rings. The number of carbonyl (C=O) groups excluding carboxylic acids is 1. The number of anilines is 2. The van der Waals surface area contributed by atoms with Gasteiger partial charge in [-0.25, -0.2) is 8.42 Å². The summed E-state index contributed by atoms with van der Waals surface area (Å²) in [6.45, 7) is 0. The van der Waals surface area contributed by atoms with Crippen molar-refractivity contribution in [3.63, 3.8) is 0 Å². The summed E-state index contributed by atoms with van der Waals surface area (Å²) in [5, 5.41) is 2.87. The van der Waals surface area contributed by atoms with E-state index < -0.39 is 10.0 Å². The van der Waals surface area contributed by atoms with E-state index in [9.17, 15) is 13.2 Å². The molecule has 5 nitrogen and oxygen atoms in total. The Labute approximate surface area is 121 Å². The molecule has 7 heteroatoms. The largest absolute Gasteiger partial charge is 0.329 e. The minimum Gasteiger partial charge on any atom is -0.329 e. The number of amides is 1. The van der Waals surface area contributed by atoms with Crippen LogP contribution in [0.5, 0.6) is 0 Å². The molecule has 20 heavy (non-hydrogen) atoms. The van der Waals surface area contributed by atoms with E-state index in [1.807, 2.05) is 0 Å². The minimum atomic E-state index is -3.69. The van der Waals surface area contributed by atoms with Crippen molar-refractivity contribution in [3.8, 4) is 0 Å². The molecule has 0 bridgehead atoms. The third-order valence-electron chi connectivity index (χ3n) is 2.47. The Morgan fingerprint density at radius 3 is 2.30 bits per heavy atom. The molecule has 2 rings (SSSR count). The minimum absolute atomic E-state index is 0.0916. The van der Waals surface area contributed by atoms with Gasteiger partial charge in [0.2, 0.25) is 6.41 Å². The molecule has 0 atom stereocenters. The highest BCUT2D eigenvalue weighted by Gasteiger charge is 2.14. The van der Waals surface area contributed by atoms with Crippen LogP contribution in [0.25, 0.3) is 0 Å². The summed E-state index contributed by atoms with van der Waals surface area (Å²) in [7, 11) is -3.69. The van der Waals surface area contributed by atoms with Crippen LogP contribution in [0.3, 0.4) is 0 Å². The summed E-state index contributed by atoms with van der Waals surface area (Å²) in [5.74, 6) is 0. The van der Waals surface area contributed by atoms with Gasteiger partial charge in [0.05, 0.1) is 10.6 Å². The van der Waals surface area contributed by atoms with Gasteiger partial charge in [0.1, 0.15) is 0 Å². The van der Waals surface area contributed by atoms with Gasteiger partial charge >= 0.3 is 0 Å². The van der Waals surface area contributed by atoms with Crippen LogP contribution in [0.4, 0.5) is 11.4 Å². The molecule has 0 aliphatic carbocycles. The van der Waals surface area contributed by atoms with Crippen molar-refractivity contribution in [2.45, 2.75) is 4.90 Å². The van der Waals surface area contributed by atoms with Crippen molar-refractivity contribution in [1.29, 1.82) is 0 Å². The van der Waals surface area contributed by atoms with Crippen molar-refractivity contribution in [2.75, 3.05) is 10.0 Å². The van der Waals surface area contributed by atoms with Crippen LogP contribution >= 0.6 is 11.6 Å².